The van der Waals surface area contributed by atoms with Gasteiger partial charge in [-0.2, -0.15) is 15.1 Å². The summed E-state index contributed by atoms with van der Waals surface area (Å²) in [6, 6.07) is 6.96. The largest absolute Gasteiger partial charge is 0.462 e. The lowest BCUT2D eigenvalue weighted by molar-refractivity contribution is -0.149. The van der Waals surface area contributed by atoms with E-state index in [1.165, 1.54) is 30.0 Å². The van der Waals surface area contributed by atoms with Crippen molar-refractivity contribution in [3.05, 3.63) is 36.7 Å². The number of carbonyl (C=O) groups excluding carboxylic acids is 1. The van der Waals surface area contributed by atoms with E-state index in [1.54, 1.807) is 32.0 Å². The molecule has 14 nitrogen and oxygen atoms in total. The van der Waals surface area contributed by atoms with Crippen LogP contribution in [0.15, 0.2) is 36.7 Å². The normalized spacial score (nSPS) is 23.9. The summed E-state index contributed by atoms with van der Waals surface area (Å²) in [5, 5.41) is 13.6. The van der Waals surface area contributed by atoms with Crippen LogP contribution in [-0.2, 0) is 23.4 Å². The molecule has 0 spiro atoms. The number of ether oxygens (including phenoxy) is 2. The summed E-state index contributed by atoms with van der Waals surface area (Å²) in [4.78, 5) is 27.2. The minimum absolute atomic E-state index is 0.0618. The van der Waals surface area contributed by atoms with Gasteiger partial charge in [0.1, 0.15) is 23.5 Å². The smallest absolute Gasteiger partial charge is 0.459 e. The number of aliphatic hydroxyl groups is 1. The molecule has 1 saturated heterocycles. The molecule has 44 heavy (non-hydrogen) atoms. The Hall–Kier alpha value is -3.07. The average Bonchev–Trinajstić information content (AvgIpc) is 3.50. The first kappa shape index (κ1) is 33.8. The minimum Gasteiger partial charge on any atom is -0.462 e. The number of nitrogen functional groups attached to an aromatic ring is 1. The first-order valence-corrected chi connectivity index (χ1v) is 16.2. The molecule has 0 aliphatic carbocycles. The van der Waals surface area contributed by atoms with Gasteiger partial charge in [-0.25, -0.2) is 13.9 Å². The average molecular weight is 658 g/mol. The number of aromatic nitrogens is 4. The van der Waals surface area contributed by atoms with Gasteiger partial charge in [-0.15, -0.1) is 11.6 Å². The van der Waals surface area contributed by atoms with Crippen LogP contribution in [0.25, 0.3) is 11.2 Å². The fourth-order valence-electron chi connectivity index (χ4n) is 4.64. The molecule has 0 radical (unpaired) electrons. The molecule has 0 bridgehead atoms. The van der Waals surface area contributed by atoms with Crippen molar-refractivity contribution in [1.82, 2.24) is 24.6 Å². The predicted octanol–water partition coefficient (Wildman–Crippen LogP) is 3.59. The van der Waals surface area contributed by atoms with E-state index < -0.39 is 62.5 Å². The zero-order valence-corrected chi connectivity index (χ0v) is 26.7. The van der Waals surface area contributed by atoms with Gasteiger partial charge in [0.2, 0.25) is 5.95 Å². The minimum atomic E-state index is -4.38. The lowest BCUT2D eigenvalue weighted by Gasteiger charge is -2.31. The molecule has 1 aliphatic heterocycles. The van der Waals surface area contributed by atoms with E-state index >= 15 is 4.39 Å². The highest BCUT2D eigenvalue weighted by Gasteiger charge is 2.57. The number of hydrogen-bond acceptors (Lipinski definition) is 12. The number of carbonyl (C=O) groups is 1. The van der Waals surface area contributed by atoms with Crippen molar-refractivity contribution in [3.8, 4) is 5.75 Å². The fraction of sp³-hybridized carbons (Fsp3) is 0.556. The molecule has 0 amide bonds. The van der Waals surface area contributed by atoms with Crippen LogP contribution in [0.2, 0.25) is 0 Å². The van der Waals surface area contributed by atoms with Gasteiger partial charge in [-0.1, -0.05) is 25.1 Å². The second-order valence-electron chi connectivity index (χ2n) is 10.8. The van der Waals surface area contributed by atoms with E-state index in [4.69, 9.17) is 35.9 Å². The van der Waals surface area contributed by atoms with Gasteiger partial charge in [0.25, 0.3) is 0 Å². The Morgan fingerprint density at radius 1 is 1.32 bits per heavy atom. The van der Waals surface area contributed by atoms with E-state index in [2.05, 4.69) is 20.0 Å². The van der Waals surface area contributed by atoms with Gasteiger partial charge < -0.3 is 29.7 Å². The zero-order valence-electron chi connectivity index (χ0n) is 25.1. The van der Waals surface area contributed by atoms with Crippen molar-refractivity contribution in [3.63, 3.8) is 0 Å². The summed E-state index contributed by atoms with van der Waals surface area (Å²) in [5.41, 5.74) is 4.61. The van der Waals surface area contributed by atoms with Crippen LogP contribution in [0.1, 0.15) is 40.3 Å². The Balaban J connectivity index is 1.62. The van der Waals surface area contributed by atoms with E-state index in [1.807, 2.05) is 18.9 Å². The number of anilines is 2. The molecule has 4 rings (SSSR count). The number of esters is 1. The molecule has 1 aromatic carbocycles. The van der Waals surface area contributed by atoms with Crippen LogP contribution in [0, 0.1) is 0 Å². The van der Waals surface area contributed by atoms with Crippen molar-refractivity contribution >= 4 is 48.2 Å². The molecule has 3 heterocycles. The third-order valence-electron chi connectivity index (χ3n) is 6.81. The summed E-state index contributed by atoms with van der Waals surface area (Å²) in [5.74, 6) is -0.619. The molecule has 242 valence electrons. The molecule has 1 aliphatic rings. The van der Waals surface area contributed by atoms with Crippen molar-refractivity contribution in [1.29, 1.82) is 0 Å². The highest BCUT2D eigenvalue weighted by molar-refractivity contribution is 7.52. The maximum atomic E-state index is 15.8. The van der Waals surface area contributed by atoms with E-state index in [0.29, 0.717) is 17.9 Å². The first-order valence-electron chi connectivity index (χ1n) is 14.1. The van der Waals surface area contributed by atoms with Gasteiger partial charge >= 0.3 is 13.7 Å². The highest BCUT2D eigenvalue weighted by atomic mass is 35.5. The quantitative estimate of drug-likeness (QED) is 0.130. The predicted molar refractivity (Wildman–Crippen MR) is 162 cm³/mol. The van der Waals surface area contributed by atoms with E-state index in [-0.39, 0.29) is 17.3 Å². The molecule has 3 aromatic rings. The summed E-state index contributed by atoms with van der Waals surface area (Å²) in [6.45, 7) is 6.73. The van der Waals surface area contributed by atoms with Gasteiger partial charge in [0.15, 0.2) is 29.4 Å². The number of nitrogens with one attached hydrogen (secondary N) is 1. The topological polar surface area (TPSA) is 176 Å². The Morgan fingerprint density at radius 2 is 2.02 bits per heavy atom. The van der Waals surface area contributed by atoms with E-state index in [9.17, 15) is 14.5 Å². The van der Waals surface area contributed by atoms with Crippen LogP contribution in [0.3, 0.4) is 0 Å². The SMILES string of the molecule is CCCN(C)c1nc(N)nc2c1ncn2[C@@H]1O[C@](CCl)(COP(=O)(N[C@@H](C)C(=O)OC(C)C)Oc2ccccc2)[C@@H](O)[C@H]1F. The van der Waals surface area contributed by atoms with Gasteiger partial charge in [-0.3, -0.25) is 13.9 Å². The zero-order chi connectivity index (χ0) is 32.2. The summed E-state index contributed by atoms with van der Waals surface area (Å²) in [7, 11) is -2.56. The lowest BCUT2D eigenvalue weighted by atomic mass is 9.99. The van der Waals surface area contributed by atoms with E-state index in [0.717, 1.165) is 6.42 Å². The number of halogens is 2. The second kappa shape index (κ2) is 13.9. The number of imidazole rings is 1. The van der Waals surface area contributed by atoms with Crippen LogP contribution in [0.4, 0.5) is 16.2 Å². The fourth-order valence-corrected chi connectivity index (χ4v) is 6.49. The van der Waals surface area contributed by atoms with Gasteiger partial charge in [0, 0.05) is 13.6 Å². The second-order valence-corrected chi connectivity index (χ2v) is 12.7. The van der Waals surface area contributed by atoms with Crippen LogP contribution < -0.4 is 20.2 Å². The number of aliphatic hydroxyl groups excluding tert-OH is 1. The Kier molecular flexibility index (Phi) is 10.7. The van der Waals surface area contributed by atoms with Crippen molar-refractivity contribution in [2.24, 2.45) is 0 Å². The van der Waals surface area contributed by atoms with Crippen molar-refractivity contribution < 1.29 is 37.4 Å². The van der Waals surface area contributed by atoms with Crippen LogP contribution in [-0.4, -0.2) is 86.7 Å². The van der Waals surface area contributed by atoms with Crippen molar-refractivity contribution in [2.75, 3.05) is 36.7 Å². The third-order valence-corrected chi connectivity index (χ3v) is 8.89. The maximum Gasteiger partial charge on any atom is 0.459 e. The highest BCUT2D eigenvalue weighted by Crippen LogP contribution is 2.49. The number of fused-ring (bicyclic) bond motifs is 1. The molecule has 1 unspecified atom stereocenters. The molecule has 4 N–H and O–H groups in total. The standard InChI is InChI=1S/C27H38ClFN7O7P/c1-6-12-35(5)22-20-23(33-26(30)32-22)36(15-31-20)24-19(29)21(37)27(13-28,42-24)14-40-44(39,43-18-10-8-7-9-11-18)34-17(4)25(38)41-16(2)3/h7-11,15-17,19,21,24,37H,6,12-14H2,1-5H3,(H,34,39)(H2,30,32,33)/t17-,19+,21-,24+,27+,44?/m0/s1. The van der Waals surface area contributed by atoms with Crippen LogP contribution in [0.5, 0.6) is 5.75 Å². The van der Waals surface area contributed by atoms with Gasteiger partial charge in [-0.05, 0) is 39.3 Å². The Morgan fingerprint density at radius 3 is 2.66 bits per heavy atom. The summed E-state index contributed by atoms with van der Waals surface area (Å²) in [6.07, 6.45) is -3.62. The number of nitrogens with two attached hydrogens (primary N) is 1. The molecular weight excluding hydrogens is 620 g/mol. The maximum absolute atomic E-state index is 15.8. The first-order chi connectivity index (χ1) is 20.8. The number of benzene rings is 1. The molecule has 2 aromatic heterocycles. The summed E-state index contributed by atoms with van der Waals surface area (Å²) >= 11 is 6.27. The van der Waals surface area contributed by atoms with Crippen molar-refractivity contribution in [2.45, 2.75) is 70.4 Å². The number of rotatable bonds is 14. The molecule has 0 saturated carbocycles. The van der Waals surface area contributed by atoms with Crippen LogP contribution >= 0.6 is 19.3 Å². The lowest BCUT2D eigenvalue weighted by Crippen LogP contribution is -2.48. The molecular formula is C27H38ClFN7O7P. The third kappa shape index (κ3) is 7.24. The number of alkyl halides is 2. The Bertz CT molecular complexity index is 1490. The Labute approximate surface area is 259 Å². The number of para-hydroxylation sites is 1. The molecule has 1 fully saturated rings. The summed E-state index contributed by atoms with van der Waals surface area (Å²) < 4.78 is 53.7. The monoisotopic (exact) mass is 657 g/mol. The molecule has 17 heteroatoms. The molecule has 6 atom stereocenters. The van der Waals surface area contributed by atoms with Gasteiger partial charge in [0.05, 0.1) is 24.9 Å². The number of hydrogen-bond donors (Lipinski definition) is 3. The number of nitrogens with zero attached hydrogens (tertiary/aromatic N) is 5.